The summed E-state index contributed by atoms with van der Waals surface area (Å²) in [5, 5.41) is 0. The lowest BCUT2D eigenvalue weighted by Crippen LogP contribution is -1.93. The first-order valence-electron chi connectivity index (χ1n) is 3.37. The van der Waals surface area contributed by atoms with Gasteiger partial charge in [-0.2, -0.15) is 0 Å². The fraction of sp³-hybridized carbons (Fsp3) is 0.250. The van der Waals surface area contributed by atoms with Gasteiger partial charge in [0, 0.05) is 0 Å². The molecule has 0 spiro atoms. The van der Waals surface area contributed by atoms with E-state index < -0.39 is 0 Å². The van der Waals surface area contributed by atoms with Gasteiger partial charge in [0.15, 0.2) is 0 Å². The number of hydrogen-bond acceptors (Lipinski definition) is 1. The van der Waals surface area contributed by atoms with Crippen LogP contribution in [0.5, 0.6) is 0 Å². The molecule has 0 saturated carbocycles. The lowest BCUT2D eigenvalue weighted by molar-refractivity contribution is 0.327. The Hall–Kier alpha value is -0.755. The van der Waals surface area contributed by atoms with Gasteiger partial charge in [-0.25, -0.2) is 0 Å². The maximum absolute atomic E-state index is 5.09. The van der Waals surface area contributed by atoms with Crippen LogP contribution in [-0.2, 0) is 11.3 Å². The minimum atomic E-state index is 0.678. The molecule has 0 aromatic heterocycles. The van der Waals surface area contributed by atoms with Crippen LogP contribution in [0.25, 0.3) is 0 Å². The Morgan fingerprint density at radius 2 is 2.00 bits per heavy atom. The molecule has 1 aromatic rings. The third-order valence-corrected chi connectivity index (χ3v) is 1.26. The Morgan fingerprint density at radius 1 is 1.30 bits per heavy atom. The topological polar surface area (TPSA) is 9.23 Å². The zero-order valence-electron chi connectivity index (χ0n) is 6.08. The fourth-order valence-electron chi connectivity index (χ4n) is 0.754. The standard InChI is InChI=1S/C8H10BO/c1-9-10-7-8-5-3-2-4-6-8/h2-6H,7H2,1H3. The van der Waals surface area contributed by atoms with Crippen molar-refractivity contribution in [3.63, 3.8) is 0 Å². The highest BCUT2D eigenvalue weighted by Gasteiger charge is 1.87. The summed E-state index contributed by atoms with van der Waals surface area (Å²) in [7, 11) is 1.70. The van der Waals surface area contributed by atoms with Crippen molar-refractivity contribution in [2.45, 2.75) is 13.4 Å². The van der Waals surface area contributed by atoms with Gasteiger partial charge in [0.05, 0.1) is 6.61 Å². The molecular weight excluding hydrogens is 123 g/mol. The van der Waals surface area contributed by atoms with Crippen LogP contribution in [0.15, 0.2) is 30.3 Å². The second-order valence-electron chi connectivity index (χ2n) is 2.03. The molecule has 2 heteroatoms. The molecule has 1 nitrogen and oxygen atoms in total. The van der Waals surface area contributed by atoms with E-state index in [-0.39, 0.29) is 0 Å². The molecule has 0 atom stereocenters. The van der Waals surface area contributed by atoms with Gasteiger partial charge in [-0.15, -0.1) is 0 Å². The Bertz CT molecular complexity index is 174. The maximum Gasteiger partial charge on any atom is 0.289 e. The highest BCUT2D eigenvalue weighted by Crippen LogP contribution is 1.98. The largest absolute Gasteiger partial charge is 0.437 e. The van der Waals surface area contributed by atoms with E-state index in [9.17, 15) is 0 Å². The molecule has 0 aliphatic carbocycles. The third-order valence-electron chi connectivity index (χ3n) is 1.26. The molecule has 0 saturated heterocycles. The van der Waals surface area contributed by atoms with Crippen molar-refractivity contribution in [3.8, 4) is 0 Å². The van der Waals surface area contributed by atoms with Crippen LogP contribution in [0, 0.1) is 0 Å². The van der Waals surface area contributed by atoms with Crippen molar-refractivity contribution >= 4 is 7.48 Å². The summed E-state index contributed by atoms with van der Waals surface area (Å²) in [5.41, 5.74) is 1.21. The Balaban J connectivity index is 2.43. The van der Waals surface area contributed by atoms with Gasteiger partial charge in [0.25, 0.3) is 7.48 Å². The molecule has 0 unspecified atom stereocenters. The SMILES string of the molecule is C[B]OCc1ccccc1. The van der Waals surface area contributed by atoms with E-state index in [4.69, 9.17) is 4.65 Å². The van der Waals surface area contributed by atoms with Crippen molar-refractivity contribution in [2.75, 3.05) is 0 Å². The molecule has 1 radical (unpaired) electrons. The minimum Gasteiger partial charge on any atom is -0.437 e. The van der Waals surface area contributed by atoms with Crippen LogP contribution in [-0.4, -0.2) is 7.48 Å². The molecule has 0 heterocycles. The van der Waals surface area contributed by atoms with Crippen LogP contribution >= 0.6 is 0 Å². The third kappa shape index (κ3) is 2.23. The average Bonchev–Trinajstić information content (AvgIpc) is 2.03. The number of rotatable bonds is 3. The fourth-order valence-corrected chi connectivity index (χ4v) is 0.754. The van der Waals surface area contributed by atoms with Crippen molar-refractivity contribution in [1.29, 1.82) is 0 Å². The van der Waals surface area contributed by atoms with E-state index in [0.717, 1.165) is 0 Å². The second-order valence-corrected chi connectivity index (χ2v) is 2.03. The maximum atomic E-state index is 5.09. The van der Waals surface area contributed by atoms with Crippen molar-refractivity contribution in [1.82, 2.24) is 0 Å². The summed E-state index contributed by atoms with van der Waals surface area (Å²) in [6, 6.07) is 10.1. The van der Waals surface area contributed by atoms with Gasteiger partial charge in [-0.05, 0) is 5.56 Å². The van der Waals surface area contributed by atoms with Crippen LogP contribution in [0.2, 0.25) is 6.82 Å². The highest BCUT2D eigenvalue weighted by molar-refractivity contribution is 6.24. The molecule has 0 bridgehead atoms. The summed E-state index contributed by atoms with van der Waals surface area (Å²) >= 11 is 0. The van der Waals surface area contributed by atoms with Gasteiger partial charge >= 0.3 is 0 Å². The van der Waals surface area contributed by atoms with Gasteiger partial charge in [-0.3, -0.25) is 0 Å². The zero-order valence-corrected chi connectivity index (χ0v) is 6.08. The Labute approximate surface area is 62.3 Å². The summed E-state index contributed by atoms with van der Waals surface area (Å²) in [6.45, 7) is 2.56. The predicted molar refractivity (Wildman–Crippen MR) is 42.8 cm³/mol. The molecule has 0 amide bonds. The summed E-state index contributed by atoms with van der Waals surface area (Å²) in [4.78, 5) is 0. The van der Waals surface area contributed by atoms with Crippen LogP contribution in [0.3, 0.4) is 0 Å². The van der Waals surface area contributed by atoms with Crippen molar-refractivity contribution < 1.29 is 4.65 Å². The summed E-state index contributed by atoms with van der Waals surface area (Å²) < 4.78 is 5.09. The van der Waals surface area contributed by atoms with Crippen LogP contribution in [0.1, 0.15) is 5.56 Å². The van der Waals surface area contributed by atoms with Gasteiger partial charge in [0.2, 0.25) is 0 Å². The molecule has 0 aliphatic heterocycles. The molecule has 0 fully saturated rings. The van der Waals surface area contributed by atoms with E-state index in [1.165, 1.54) is 5.56 Å². The second kappa shape index (κ2) is 4.12. The minimum absolute atomic E-state index is 0.678. The van der Waals surface area contributed by atoms with Gasteiger partial charge in [-0.1, -0.05) is 37.2 Å². The number of benzene rings is 1. The molecule has 10 heavy (non-hydrogen) atoms. The van der Waals surface area contributed by atoms with Gasteiger partial charge < -0.3 is 4.65 Å². The highest BCUT2D eigenvalue weighted by atomic mass is 16.4. The normalized spacial score (nSPS) is 9.30. The van der Waals surface area contributed by atoms with E-state index in [0.29, 0.717) is 6.61 Å². The van der Waals surface area contributed by atoms with E-state index in [1.807, 2.05) is 37.2 Å². The van der Waals surface area contributed by atoms with E-state index in [2.05, 4.69) is 0 Å². The Morgan fingerprint density at radius 3 is 2.60 bits per heavy atom. The Kier molecular flexibility index (Phi) is 3.03. The van der Waals surface area contributed by atoms with Crippen molar-refractivity contribution in [2.24, 2.45) is 0 Å². The quantitative estimate of drug-likeness (QED) is 0.572. The molecule has 1 rings (SSSR count). The lowest BCUT2D eigenvalue weighted by Gasteiger charge is -1.98. The number of hydrogen-bond donors (Lipinski definition) is 0. The summed E-state index contributed by atoms with van der Waals surface area (Å²) in [5.74, 6) is 0. The van der Waals surface area contributed by atoms with E-state index in [1.54, 1.807) is 7.48 Å². The smallest absolute Gasteiger partial charge is 0.289 e. The van der Waals surface area contributed by atoms with Crippen LogP contribution in [0.4, 0.5) is 0 Å². The first-order chi connectivity index (χ1) is 4.93. The molecule has 51 valence electrons. The molecule has 0 N–H and O–H groups in total. The molecule has 1 aromatic carbocycles. The van der Waals surface area contributed by atoms with Crippen LogP contribution < -0.4 is 0 Å². The first-order valence-corrected chi connectivity index (χ1v) is 3.37. The lowest BCUT2D eigenvalue weighted by atomic mass is 10.1. The van der Waals surface area contributed by atoms with E-state index >= 15 is 0 Å². The molecular formula is C8H10BO. The summed E-state index contributed by atoms with van der Waals surface area (Å²) in [6.07, 6.45) is 0. The molecule has 0 aliphatic rings. The first kappa shape index (κ1) is 7.35. The average molecular weight is 133 g/mol. The predicted octanol–water partition coefficient (Wildman–Crippen LogP) is 1.87. The zero-order chi connectivity index (χ0) is 7.23. The van der Waals surface area contributed by atoms with Gasteiger partial charge in [0.1, 0.15) is 0 Å². The monoisotopic (exact) mass is 133 g/mol. The van der Waals surface area contributed by atoms with Crippen molar-refractivity contribution in [3.05, 3.63) is 35.9 Å².